The lowest BCUT2D eigenvalue weighted by Gasteiger charge is -2.39. The van der Waals surface area contributed by atoms with E-state index in [1.165, 1.54) is 7.11 Å². The first kappa shape index (κ1) is 22.1. The molecule has 0 aromatic heterocycles. The Kier molecular flexibility index (Phi) is 7.97. The molecule has 136 valence electrons. The molecule has 0 rings (SSSR count). The second kappa shape index (κ2) is 8.28. The van der Waals surface area contributed by atoms with Crippen molar-refractivity contribution >= 4 is 20.3 Å². The van der Waals surface area contributed by atoms with E-state index in [4.69, 9.17) is 13.9 Å². The van der Waals surface area contributed by atoms with Crippen LogP contribution in [-0.4, -0.2) is 39.1 Å². The molecule has 0 heterocycles. The van der Waals surface area contributed by atoms with E-state index >= 15 is 0 Å². The van der Waals surface area contributed by atoms with E-state index in [0.29, 0.717) is 6.42 Å². The van der Waals surface area contributed by atoms with Crippen LogP contribution in [0.1, 0.15) is 60.8 Å². The SMILES string of the molecule is COC(=O)CC(CCC(=O)OC(C)(C)C)O[Si](C)(C)C(C)(C)C. The van der Waals surface area contributed by atoms with Gasteiger partial charge in [0, 0.05) is 6.42 Å². The third-order valence-corrected chi connectivity index (χ3v) is 8.51. The number of hydrogen-bond acceptors (Lipinski definition) is 5. The van der Waals surface area contributed by atoms with E-state index in [9.17, 15) is 9.59 Å². The van der Waals surface area contributed by atoms with Crippen molar-refractivity contribution in [2.24, 2.45) is 0 Å². The Morgan fingerprint density at radius 2 is 1.52 bits per heavy atom. The molecule has 0 aromatic carbocycles. The number of carbonyl (C=O) groups excluding carboxylic acids is 2. The van der Waals surface area contributed by atoms with E-state index in [1.807, 2.05) is 20.8 Å². The van der Waals surface area contributed by atoms with Gasteiger partial charge < -0.3 is 13.9 Å². The summed E-state index contributed by atoms with van der Waals surface area (Å²) in [6.07, 6.45) is 0.520. The predicted octanol–water partition coefficient (Wildman–Crippen LogP) is 4.06. The number of rotatable bonds is 7. The van der Waals surface area contributed by atoms with Gasteiger partial charge in [0.05, 0.1) is 19.6 Å². The van der Waals surface area contributed by atoms with Gasteiger partial charge in [-0.1, -0.05) is 20.8 Å². The lowest BCUT2D eigenvalue weighted by atomic mass is 10.1. The lowest BCUT2D eigenvalue weighted by Crippen LogP contribution is -2.44. The van der Waals surface area contributed by atoms with Gasteiger partial charge in [-0.15, -0.1) is 0 Å². The molecule has 1 unspecified atom stereocenters. The summed E-state index contributed by atoms with van der Waals surface area (Å²) in [7, 11) is -0.666. The van der Waals surface area contributed by atoms with E-state index in [1.54, 1.807) is 0 Å². The highest BCUT2D eigenvalue weighted by Crippen LogP contribution is 2.38. The van der Waals surface area contributed by atoms with Gasteiger partial charge in [0.25, 0.3) is 0 Å². The summed E-state index contributed by atoms with van der Waals surface area (Å²) < 4.78 is 16.4. The van der Waals surface area contributed by atoms with Gasteiger partial charge in [0.15, 0.2) is 8.32 Å². The Bertz CT molecular complexity index is 404. The molecule has 1 atom stereocenters. The minimum atomic E-state index is -2.03. The van der Waals surface area contributed by atoms with Crippen LogP contribution >= 0.6 is 0 Å². The summed E-state index contributed by atoms with van der Waals surface area (Å²) in [5, 5.41) is 0.0350. The topological polar surface area (TPSA) is 61.8 Å². The van der Waals surface area contributed by atoms with E-state index in [0.717, 1.165) is 0 Å². The third-order valence-electron chi connectivity index (χ3n) is 3.98. The van der Waals surface area contributed by atoms with Crippen LogP contribution in [0.3, 0.4) is 0 Å². The molecule has 6 heteroatoms. The fraction of sp³-hybridized carbons (Fsp3) is 0.882. The van der Waals surface area contributed by atoms with Crippen LogP contribution in [-0.2, 0) is 23.5 Å². The number of carbonyl (C=O) groups is 2. The molecule has 23 heavy (non-hydrogen) atoms. The molecule has 5 nitrogen and oxygen atoms in total. The maximum atomic E-state index is 11.9. The van der Waals surface area contributed by atoms with Gasteiger partial charge in [0.1, 0.15) is 5.60 Å². The smallest absolute Gasteiger partial charge is 0.308 e. The van der Waals surface area contributed by atoms with Crippen LogP contribution in [0.15, 0.2) is 0 Å². The van der Waals surface area contributed by atoms with Gasteiger partial charge in [-0.25, -0.2) is 0 Å². The Morgan fingerprint density at radius 3 is 1.91 bits per heavy atom. The van der Waals surface area contributed by atoms with Crippen molar-refractivity contribution in [1.82, 2.24) is 0 Å². The van der Waals surface area contributed by atoms with Crippen molar-refractivity contribution in [2.75, 3.05) is 7.11 Å². The maximum absolute atomic E-state index is 11.9. The molecule has 0 amide bonds. The molecule has 0 saturated heterocycles. The molecule has 0 bridgehead atoms. The second-order valence-corrected chi connectivity index (χ2v) is 13.2. The fourth-order valence-electron chi connectivity index (χ4n) is 1.74. The summed E-state index contributed by atoms with van der Waals surface area (Å²) in [6, 6.07) is 0. The molecule has 0 aromatic rings. The van der Waals surface area contributed by atoms with Crippen LogP contribution in [0.5, 0.6) is 0 Å². The minimum Gasteiger partial charge on any atom is -0.469 e. The molecular formula is C17H34O5Si. The number of methoxy groups -OCH3 is 1. The first-order valence-corrected chi connectivity index (χ1v) is 11.1. The van der Waals surface area contributed by atoms with Crippen molar-refractivity contribution in [3.63, 3.8) is 0 Å². The van der Waals surface area contributed by atoms with Crippen molar-refractivity contribution < 1.29 is 23.5 Å². The molecule has 0 spiro atoms. The average Bonchev–Trinajstić information content (AvgIpc) is 2.31. The molecule has 0 saturated carbocycles. The van der Waals surface area contributed by atoms with E-state index in [2.05, 4.69) is 33.9 Å². The van der Waals surface area contributed by atoms with Gasteiger partial charge in [-0.2, -0.15) is 0 Å². The molecule has 0 fully saturated rings. The predicted molar refractivity (Wildman–Crippen MR) is 93.8 cm³/mol. The quantitative estimate of drug-likeness (QED) is 0.514. The minimum absolute atomic E-state index is 0.0350. The van der Waals surface area contributed by atoms with Gasteiger partial charge in [-0.05, 0) is 45.3 Å². The number of hydrogen-bond donors (Lipinski definition) is 0. The Balaban J connectivity index is 4.83. The normalized spacial score (nSPS) is 14.3. The molecule has 0 aliphatic rings. The van der Waals surface area contributed by atoms with Crippen molar-refractivity contribution in [2.45, 2.75) is 90.6 Å². The zero-order chi connectivity index (χ0) is 18.5. The Hall–Kier alpha value is -0.883. The summed E-state index contributed by atoms with van der Waals surface area (Å²) in [5.41, 5.74) is -0.505. The zero-order valence-corrected chi connectivity index (χ0v) is 17.2. The summed E-state index contributed by atoms with van der Waals surface area (Å²) >= 11 is 0. The van der Waals surface area contributed by atoms with Crippen molar-refractivity contribution in [3.8, 4) is 0 Å². The van der Waals surface area contributed by atoms with Gasteiger partial charge >= 0.3 is 11.9 Å². The molecular weight excluding hydrogens is 312 g/mol. The van der Waals surface area contributed by atoms with Crippen LogP contribution < -0.4 is 0 Å². The van der Waals surface area contributed by atoms with Crippen LogP contribution in [0.4, 0.5) is 0 Å². The summed E-state index contributed by atoms with van der Waals surface area (Å²) in [5.74, 6) is -0.593. The highest BCUT2D eigenvalue weighted by atomic mass is 28.4. The fourth-order valence-corrected chi connectivity index (χ4v) is 3.12. The number of esters is 2. The first-order valence-electron chi connectivity index (χ1n) is 8.14. The van der Waals surface area contributed by atoms with Crippen LogP contribution in [0, 0.1) is 0 Å². The standard InChI is InChI=1S/C17H34O5Si/c1-16(2,3)21-14(18)11-10-13(12-15(19)20-7)22-23(8,9)17(4,5)6/h13H,10-12H2,1-9H3. The summed E-state index contributed by atoms with van der Waals surface area (Å²) in [4.78, 5) is 23.5. The molecule has 0 N–H and O–H groups in total. The van der Waals surface area contributed by atoms with Crippen molar-refractivity contribution in [3.05, 3.63) is 0 Å². The zero-order valence-electron chi connectivity index (χ0n) is 16.2. The van der Waals surface area contributed by atoms with Gasteiger partial charge in [-0.3, -0.25) is 9.59 Å². The monoisotopic (exact) mass is 346 g/mol. The van der Waals surface area contributed by atoms with Crippen molar-refractivity contribution in [1.29, 1.82) is 0 Å². The lowest BCUT2D eigenvalue weighted by molar-refractivity contribution is -0.156. The highest BCUT2D eigenvalue weighted by Gasteiger charge is 2.39. The second-order valence-electron chi connectivity index (χ2n) is 8.41. The Morgan fingerprint density at radius 1 is 1.00 bits per heavy atom. The van der Waals surface area contributed by atoms with E-state index in [-0.39, 0.29) is 35.9 Å². The molecule has 0 aliphatic carbocycles. The molecule has 0 aliphatic heterocycles. The first-order chi connectivity index (χ1) is 10.2. The molecule has 0 radical (unpaired) electrons. The van der Waals surface area contributed by atoms with Crippen LogP contribution in [0.25, 0.3) is 0 Å². The summed E-state index contributed by atoms with van der Waals surface area (Å²) in [6.45, 7) is 16.2. The maximum Gasteiger partial charge on any atom is 0.308 e. The highest BCUT2D eigenvalue weighted by molar-refractivity contribution is 6.74. The van der Waals surface area contributed by atoms with E-state index < -0.39 is 13.9 Å². The largest absolute Gasteiger partial charge is 0.469 e. The average molecular weight is 347 g/mol. The number of ether oxygens (including phenoxy) is 2. The Labute approximate surface area is 142 Å². The van der Waals surface area contributed by atoms with Gasteiger partial charge in [0.2, 0.25) is 0 Å². The third kappa shape index (κ3) is 9.10. The van der Waals surface area contributed by atoms with Crippen LogP contribution in [0.2, 0.25) is 18.1 Å².